The number of rotatable bonds is 11. The van der Waals surface area contributed by atoms with Crippen molar-refractivity contribution in [3.63, 3.8) is 0 Å². The number of carbonyl (C=O) groups is 4. The average molecular weight is 414 g/mol. The zero-order chi connectivity index (χ0) is 15.7. The van der Waals surface area contributed by atoms with Crippen molar-refractivity contribution in [2.45, 2.75) is 0 Å². The summed E-state index contributed by atoms with van der Waals surface area (Å²) in [5.41, 5.74) is 0. The highest BCUT2D eigenvalue weighted by Gasteiger charge is 2.10. The lowest BCUT2D eigenvalue weighted by molar-refractivity contribution is -0.314. The van der Waals surface area contributed by atoms with Crippen LogP contribution in [0.15, 0.2) is 0 Å². The van der Waals surface area contributed by atoms with E-state index >= 15 is 0 Å². The van der Waals surface area contributed by atoms with Gasteiger partial charge in [0.05, 0.1) is 23.9 Å². The van der Waals surface area contributed by atoms with Crippen LogP contribution in [0, 0.1) is 0 Å². The van der Waals surface area contributed by atoms with E-state index in [1.807, 2.05) is 0 Å². The van der Waals surface area contributed by atoms with Gasteiger partial charge in [-0.1, -0.05) is 0 Å². The Morgan fingerprint density at radius 1 is 0.481 bits per heavy atom. The lowest BCUT2D eigenvalue weighted by Crippen LogP contribution is -2.50. The number of hydrogen-bond acceptors (Lipinski definition) is 10. The second-order valence-corrected chi connectivity index (χ2v) is 3.91. The smallest absolute Gasteiger partial charge is 0.0555 e. The summed E-state index contributed by atoms with van der Waals surface area (Å²) in [7, 11) is 0. The summed E-state index contributed by atoms with van der Waals surface area (Å²) in [6, 6.07) is 0. The Morgan fingerprint density at radius 2 is 0.630 bits per heavy atom. The van der Waals surface area contributed by atoms with Gasteiger partial charge in [-0.25, -0.2) is 0 Å². The van der Waals surface area contributed by atoms with Crippen LogP contribution in [-0.2, 0) is 19.2 Å². The number of aliphatic carboxylic acids is 4. The average Bonchev–Trinajstić information content (AvgIpc) is 2.22. The Labute approximate surface area is 154 Å². The lowest BCUT2D eigenvalue weighted by Gasteiger charge is -2.28. The van der Waals surface area contributed by atoms with Crippen LogP contribution >= 0.6 is 0 Å². The van der Waals surface area contributed by atoms with Gasteiger partial charge in [-0.15, -0.1) is 0 Å². The number of carboxylic acids is 4. The van der Waals surface area contributed by atoms with Crippen LogP contribution in [0.4, 0.5) is 0 Å². The van der Waals surface area contributed by atoms with Crippen molar-refractivity contribution in [3.8, 4) is 0 Å². The summed E-state index contributed by atoms with van der Waals surface area (Å²) in [5, 5.41) is 41.6. The Balaban J connectivity index is -0.0000000860. The summed E-state index contributed by atoms with van der Waals surface area (Å²) in [4.78, 5) is 43.4. The van der Waals surface area contributed by atoms with Gasteiger partial charge in [-0.3, -0.25) is 9.80 Å². The molecule has 0 aromatic rings. The number of carbonyl (C=O) groups excluding carboxylic acids is 4. The van der Waals surface area contributed by atoms with E-state index in [0.717, 1.165) is 9.80 Å². The molecule has 0 saturated heterocycles. The van der Waals surface area contributed by atoms with E-state index in [-0.39, 0.29) is 54.1 Å². The Morgan fingerprint density at radius 3 is 0.741 bits per heavy atom. The monoisotopic (exact) mass is 414 g/mol. The van der Waals surface area contributed by atoms with Crippen molar-refractivity contribution in [2.24, 2.45) is 0 Å². The summed E-state index contributed by atoms with van der Waals surface area (Å²) < 4.78 is 0. The molecule has 0 aromatic carbocycles. The van der Waals surface area contributed by atoms with Crippen LogP contribution < -0.4 is 45.0 Å². The Bertz CT molecular complexity index is 330. The molecular formula is C10H34N6O11. The molecule has 0 atom stereocenters. The highest BCUT2D eigenvalue weighted by molar-refractivity contribution is 5.71. The van der Waals surface area contributed by atoms with Crippen molar-refractivity contribution in [1.29, 1.82) is 0 Å². The molecule has 0 spiro atoms. The summed E-state index contributed by atoms with van der Waals surface area (Å²) in [6.45, 7) is -3.25. The molecule has 0 unspecified atom stereocenters. The number of hydrogen-bond donors (Lipinski definition) is 4. The first-order chi connectivity index (χ1) is 9.20. The molecule has 0 aliphatic heterocycles. The van der Waals surface area contributed by atoms with Crippen LogP contribution in [0.3, 0.4) is 0 Å². The minimum atomic E-state index is -1.53. The predicted octanol–water partition coefficient (Wildman–Crippen LogP) is -8.38. The van der Waals surface area contributed by atoms with E-state index < -0.39 is 50.1 Å². The molecule has 22 N–H and O–H groups in total. The van der Waals surface area contributed by atoms with Gasteiger partial charge < -0.3 is 80.6 Å². The van der Waals surface area contributed by atoms with Crippen LogP contribution in [-0.4, -0.2) is 89.4 Å². The van der Waals surface area contributed by atoms with Crippen molar-refractivity contribution >= 4 is 23.9 Å². The fourth-order valence-corrected chi connectivity index (χ4v) is 1.44. The minimum absolute atomic E-state index is 0. The maximum atomic E-state index is 10.4. The second-order valence-electron chi connectivity index (χ2n) is 3.91. The molecule has 0 aliphatic rings. The van der Waals surface area contributed by atoms with Crippen LogP contribution in [0.2, 0.25) is 0 Å². The maximum Gasteiger partial charge on any atom is 0.0555 e. The lowest BCUT2D eigenvalue weighted by atomic mass is 10.4. The maximum absolute atomic E-state index is 10.4. The molecule has 170 valence electrons. The van der Waals surface area contributed by atoms with E-state index in [1.54, 1.807) is 0 Å². The van der Waals surface area contributed by atoms with Crippen molar-refractivity contribution in [2.75, 3.05) is 39.3 Å². The highest BCUT2D eigenvalue weighted by Crippen LogP contribution is 1.92. The van der Waals surface area contributed by atoms with Gasteiger partial charge in [0.25, 0.3) is 0 Å². The molecule has 17 heteroatoms. The molecule has 0 amide bonds. The normalized spacial score (nSPS) is 7.93. The first-order valence-corrected chi connectivity index (χ1v) is 5.44. The Hall–Kier alpha value is -2.48. The minimum Gasteiger partial charge on any atom is -0.549 e. The molecule has 27 heavy (non-hydrogen) atoms. The highest BCUT2D eigenvalue weighted by atomic mass is 16.4. The number of carboxylic acid groups (broad SMARTS) is 4. The van der Waals surface area contributed by atoms with Crippen LogP contribution in [0.1, 0.15) is 0 Å². The molecule has 17 nitrogen and oxygen atoms in total. The van der Waals surface area contributed by atoms with Gasteiger partial charge in [-0.2, -0.15) is 0 Å². The number of nitrogens with zero attached hydrogens (tertiary/aromatic N) is 2. The van der Waals surface area contributed by atoms with E-state index in [1.165, 1.54) is 0 Å². The first kappa shape index (κ1) is 49.7. The zero-order valence-corrected chi connectivity index (χ0v) is 15.9. The van der Waals surface area contributed by atoms with Crippen LogP contribution in [0.25, 0.3) is 0 Å². The van der Waals surface area contributed by atoms with Crippen molar-refractivity contribution in [1.82, 2.24) is 34.4 Å². The molecule has 0 aromatic heterocycles. The van der Waals surface area contributed by atoms with Gasteiger partial charge in [0.15, 0.2) is 0 Å². The summed E-state index contributed by atoms with van der Waals surface area (Å²) in [5.74, 6) is -6.12. The van der Waals surface area contributed by atoms with E-state index in [9.17, 15) is 39.6 Å². The van der Waals surface area contributed by atoms with E-state index in [2.05, 4.69) is 0 Å². The first-order valence-electron chi connectivity index (χ1n) is 5.44. The number of quaternary nitrogens is 4. The molecular weight excluding hydrogens is 380 g/mol. The summed E-state index contributed by atoms with van der Waals surface area (Å²) in [6.07, 6.45) is 0. The van der Waals surface area contributed by atoms with E-state index in [0.29, 0.717) is 0 Å². The third-order valence-corrected chi connectivity index (χ3v) is 2.14. The van der Waals surface area contributed by atoms with Crippen LogP contribution in [0.5, 0.6) is 0 Å². The molecule has 0 fully saturated rings. The summed E-state index contributed by atoms with van der Waals surface area (Å²) >= 11 is 0. The van der Waals surface area contributed by atoms with Gasteiger partial charge >= 0.3 is 0 Å². The van der Waals surface area contributed by atoms with Gasteiger partial charge in [0.1, 0.15) is 0 Å². The fraction of sp³-hybridized carbons (Fsp3) is 0.600. The van der Waals surface area contributed by atoms with Gasteiger partial charge in [-0.05, 0) is 0 Å². The molecule has 0 rings (SSSR count). The quantitative estimate of drug-likeness (QED) is 0.247. The van der Waals surface area contributed by atoms with Crippen molar-refractivity contribution in [3.05, 3.63) is 0 Å². The third kappa shape index (κ3) is 31.8. The van der Waals surface area contributed by atoms with Crippen molar-refractivity contribution < 1.29 is 56.0 Å². The zero-order valence-electron chi connectivity index (χ0n) is 15.9. The molecule has 0 radical (unpaired) electrons. The van der Waals surface area contributed by atoms with Gasteiger partial charge in [0.2, 0.25) is 0 Å². The Kier molecular flexibility index (Phi) is 47.4. The second kappa shape index (κ2) is 25.8. The van der Waals surface area contributed by atoms with E-state index in [4.69, 9.17) is 0 Å². The molecule has 0 aliphatic carbocycles. The largest absolute Gasteiger partial charge is 0.549 e. The molecule has 0 bridgehead atoms. The van der Waals surface area contributed by atoms with Gasteiger partial charge in [0, 0.05) is 39.3 Å². The fourth-order valence-electron chi connectivity index (χ4n) is 1.44. The standard InChI is InChI=1S/C10H16N2O8.4H3N.3H2O/c13-7(14)3-11(4-8(15)16)1-2-12(5-9(17)18)6-10(19)20;;;;;;;/h1-6H2,(H,13,14)(H,15,16)(H,17,18)(H,19,20);4*1H3;3*1H2. The third-order valence-electron chi connectivity index (χ3n) is 2.14. The predicted molar refractivity (Wildman–Crippen MR) is 87.7 cm³/mol. The SMILES string of the molecule is O.O.O.O=C([O-])CN(CCN(CC(=O)[O-])CC(=O)[O-])CC(=O)[O-].[NH4+].[NH4+].[NH4+].[NH4+]. The molecule has 0 saturated carbocycles. The topological polar surface area (TPSA) is 408 Å². The molecule has 0 heterocycles.